The minimum absolute atomic E-state index is 0.261. The number of nitrogens with one attached hydrogen (secondary N) is 1. The first-order valence-electron chi connectivity index (χ1n) is 5.76. The molecule has 0 aliphatic rings. The number of fused-ring (bicyclic) bond motifs is 1. The molecule has 0 unspecified atom stereocenters. The van der Waals surface area contributed by atoms with Crippen LogP contribution in [0.1, 0.15) is 0 Å². The Morgan fingerprint density at radius 3 is 2.84 bits per heavy atom. The molecule has 0 radical (unpaired) electrons. The van der Waals surface area contributed by atoms with Crippen LogP contribution in [0.15, 0.2) is 41.0 Å². The molecule has 3 N–H and O–H groups in total. The van der Waals surface area contributed by atoms with Crippen LogP contribution in [-0.2, 0) is 0 Å². The SMILES string of the molecule is CNc1cc2ccc(Br)cc2n1-c1ccnc(N)n1. The van der Waals surface area contributed by atoms with E-state index in [4.69, 9.17) is 5.73 Å². The quantitative estimate of drug-likeness (QED) is 0.762. The molecule has 3 rings (SSSR count). The van der Waals surface area contributed by atoms with Crippen LogP contribution in [0.2, 0.25) is 0 Å². The van der Waals surface area contributed by atoms with Crippen molar-refractivity contribution in [1.29, 1.82) is 0 Å². The lowest BCUT2D eigenvalue weighted by molar-refractivity contribution is 1.02. The summed E-state index contributed by atoms with van der Waals surface area (Å²) in [6, 6.07) is 10.0. The maximum Gasteiger partial charge on any atom is 0.221 e. The van der Waals surface area contributed by atoms with E-state index in [1.807, 2.05) is 23.7 Å². The van der Waals surface area contributed by atoms with Crippen LogP contribution in [0.5, 0.6) is 0 Å². The van der Waals surface area contributed by atoms with Gasteiger partial charge in [-0.3, -0.25) is 4.57 Å². The first-order chi connectivity index (χ1) is 9.19. The standard InChI is InChI=1S/C13H12BrN5/c1-16-12-6-8-2-3-9(14)7-10(8)19(12)11-4-5-17-13(15)18-11/h2-7,16H,1H3,(H2,15,17,18). The number of nitrogens with two attached hydrogens (primary N) is 1. The van der Waals surface area contributed by atoms with Crippen molar-refractivity contribution in [3.8, 4) is 5.82 Å². The Labute approximate surface area is 118 Å². The third-order valence-corrected chi connectivity index (χ3v) is 3.40. The summed E-state index contributed by atoms with van der Waals surface area (Å²) in [5, 5.41) is 4.30. The average molecular weight is 318 g/mol. The second-order valence-electron chi connectivity index (χ2n) is 4.09. The van der Waals surface area contributed by atoms with Gasteiger partial charge in [0.15, 0.2) is 0 Å². The van der Waals surface area contributed by atoms with Crippen LogP contribution in [-0.4, -0.2) is 21.6 Å². The molecule has 1 aromatic carbocycles. The third-order valence-electron chi connectivity index (χ3n) is 2.91. The number of rotatable bonds is 2. The van der Waals surface area contributed by atoms with Crippen LogP contribution < -0.4 is 11.1 Å². The molecule has 2 heterocycles. The van der Waals surface area contributed by atoms with Crippen molar-refractivity contribution in [2.45, 2.75) is 0 Å². The molecule has 0 aliphatic carbocycles. The third kappa shape index (κ3) is 2.04. The molecule has 5 nitrogen and oxygen atoms in total. The molecule has 6 heteroatoms. The highest BCUT2D eigenvalue weighted by Crippen LogP contribution is 2.29. The number of hydrogen-bond donors (Lipinski definition) is 2. The van der Waals surface area contributed by atoms with E-state index < -0.39 is 0 Å². The van der Waals surface area contributed by atoms with E-state index in [1.54, 1.807) is 6.20 Å². The average Bonchev–Trinajstić information content (AvgIpc) is 2.76. The van der Waals surface area contributed by atoms with Gasteiger partial charge in [-0.25, -0.2) is 4.98 Å². The number of nitrogens with zero attached hydrogens (tertiary/aromatic N) is 3. The Kier molecular flexibility index (Phi) is 2.87. The molecule has 2 aromatic heterocycles. The summed E-state index contributed by atoms with van der Waals surface area (Å²) in [5.74, 6) is 1.95. The summed E-state index contributed by atoms with van der Waals surface area (Å²) in [4.78, 5) is 8.20. The summed E-state index contributed by atoms with van der Waals surface area (Å²) >= 11 is 3.49. The normalized spacial score (nSPS) is 10.8. The highest BCUT2D eigenvalue weighted by atomic mass is 79.9. The molecule has 0 saturated heterocycles. The molecular formula is C13H12BrN5. The molecule has 96 valence electrons. The molecule has 0 fully saturated rings. The van der Waals surface area contributed by atoms with Gasteiger partial charge in [-0.1, -0.05) is 22.0 Å². The van der Waals surface area contributed by atoms with E-state index in [0.717, 1.165) is 27.0 Å². The summed E-state index contributed by atoms with van der Waals surface area (Å²) in [6.07, 6.45) is 1.65. The van der Waals surface area contributed by atoms with E-state index in [-0.39, 0.29) is 5.95 Å². The van der Waals surface area contributed by atoms with E-state index >= 15 is 0 Å². The molecule has 3 aromatic rings. The van der Waals surface area contributed by atoms with E-state index in [0.29, 0.717) is 0 Å². The van der Waals surface area contributed by atoms with Crippen molar-refractivity contribution in [3.63, 3.8) is 0 Å². The highest BCUT2D eigenvalue weighted by molar-refractivity contribution is 9.10. The Hall–Kier alpha value is -2.08. The maximum absolute atomic E-state index is 5.66. The van der Waals surface area contributed by atoms with Crippen molar-refractivity contribution >= 4 is 38.6 Å². The van der Waals surface area contributed by atoms with E-state index in [9.17, 15) is 0 Å². The van der Waals surface area contributed by atoms with Gasteiger partial charge < -0.3 is 11.1 Å². The summed E-state index contributed by atoms with van der Waals surface area (Å²) in [5.41, 5.74) is 6.72. The first kappa shape index (κ1) is 12.0. The smallest absolute Gasteiger partial charge is 0.221 e. The molecule has 0 amide bonds. The lowest BCUT2D eigenvalue weighted by Gasteiger charge is -2.09. The predicted molar refractivity (Wildman–Crippen MR) is 80.5 cm³/mol. The number of aromatic nitrogens is 3. The minimum Gasteiger partial charge on any atom is -0.374 e. The Balaban J connectivity index is 2.34. The van der Waals surface area contributed by atoms with Crippen LogP contribution in [0.3, 0.4) is 0 Å². The van der Waals surface area contributed by atoms with Gasteiger partial charge in [0.2, 0.25) is 5.95 Å². The van der Waals surface area contributed by atoms with Crippen LogP contribution in [0.25, 0.3) is 16.7 Å². The zero-order valence-electron chi connectivity index (χ0n) is 10.3. The van der Waals surface area contributed by atoms with Gasteiger partial charge in [0.1, 0.15) is 11.6 Å². The number of halogens is 1. The highest BCUT2D eigenvalue weighted by Gasteiger charge is 2.11. The molecule has 0 atom stereocenters. The summed E-state index contributed by atoms with van der Waals surface area (Å²) in [7, 11) is 1.88. The summed E-state index contributed by atoms with van der Waals surface area (Å²) in [6.45, 7) is 0. The predicted octanol–water partition coefficient (Wildman–Crippen LogP) is 2.81. The fraction of sp³-hybridized carbons (Fsp3) is 0.0769. The molecule has 0 aliphatic heterocycles. The van der Waals surface area contributed by atoms with Crippen molar-refractivity contribution in [3.05, 3.63) is 41.0 Å². The first-order valence-corrected chi connectivity index (χ1v) is 6.56. The van der Waals surface area contributed by atoms with Gasteiger partial charge in [-0.2, -0.15) is 4.98 Å². The van der Waals surface area contributed by atoms with Gasteiger partial charge in [-0.05, 0) is 24.3 Å². The van der Waals surface area contributed by atoms with Crippen LogP contribution >= 0.6 is 15.9 Å². The minimum atomic E-state index is 0.261. The Morgan fingerprint density at radius 1 is 1.26 bits per heavy atom. The van der Waals surface area contributed by atoms with Crippen molar-refractivity contribution in [2.75, 3.05) is 18.1 Å². The Bertz CT molecular complexity index is 750. The molecule has 0 bridgehead atoms. The van der Waals surface area contributed by atoms with E-state index in [2.05, 4.69) is 49.4 Å². The second-order valence-corrected chi connectivity index (χ2v) is 5.01. The van der Waals surface area contributed by atoms with Crippen molar-refractivity contribution in [1.82, 2.24) is 14.5 Å². The number of benzene rings is 1. The fourth-order valence-electron chi connectivity index (χ4n) is 2.09. The monoisotopic (exact) mass is 317 g/mol. The van der Waals surface area contributed by atoms with Gasteiger partial charge in [0.25, 0.3) is 0 Å². The fourth-order valence-corrected chi connectivity index (χ4v) is 2.44. The van der Waals surface area contributed by atoms with Crippen LogP contribution in [0.4, 0.5) is 11.8 Å². The largest absolute Gasteiger partial charge is 0.374 e. The Morgan fingerprint density at radius 2 is 2.11 bits per heavy atom. The number of hydrogen-bond acceptors (Lipinski definition) is 4. The summed E-state index contributed by atoms with van der Waals surface area (Å²) < 4.78 is 3.03. The van der Waals surface area contributed by atoms with Gasteiger partial charge in [0.05, 0.1) is 5.52 Å². The second kappa shape index (κ2) is 4.55. The zero-order valence-corrected chi connectivity index (χ0v) is 11.8. The van der Waals surface area contributed by atoms with Gasteiger partial charge in [0, 0.05) is 23.1 Å². The number of anilines is 2. The van der Waals surface area contributed by atoms with Gasteiger partial charge in [-0.15, -0.1) is 0 Å². The lowest BCUT2D eigenvalue weighted by Crippen LogP contribution is -2.05. The van der Waals surface area contributed by atoms with Gasteiger partial charge >= 0.3 is 0 Å². The zero-order chi connectivity index (χ0) is 13.4. The van der Waals surface area contributed by atoms with Crippen LogP contribution in [0, 0.1) is 0 Å². The lowest BCUT2D eigenvalue weighted by atomic mass is 10.2. The maximum atomic E-state index is 5.66. The molecule has 0 spiro atoms. The topological polar surface area (TPSA) is 68.8 Å². The number of nitrogen functional groups attached to an aromatic ring is 1. The van der Waals surface area contributed by atoms with E-state index in [1.165, 1.54) is 0 Å². The van der Waals surface area contributed by atoms with Crippen molar-refractivity contribution in [2.24, 2.45) is 0 Å². The molecular weight excluding hydrogens is 306 g/mol. The molecule has 0 saturated carbocycles. The van der Waals surface area contributed by atoms with Crippen molar-refractivity contribution < 1.29 is 0 Å². The molecule has 19 heavy (non-hydrogen) atoms.